The molecule has 13 heteroatoms. The summed E-state index contributed by atoms with van der Waals surface area (Å²) in [6.07, 6.45) is -4.55. The number of aromatic nitrogens is 2. The number of anilines is 1. The Bertz CT molecular complexity index is 1230. The first-order valence-corrected chi connectivity index (χ1v) is 10.9. The number of halogens is 4. The molecule has 1 saturated heterocycles. The zero-order chi connectivity index (χ0) is 22.4. The Morgan fingerprint density at radius 3 is 2.71 bits per heavy atom. The molecule has 1 aliphatic rings. The molecule has 166 valence electrons. The molecular weight excluding hydrogens is 461 g/mol. The lowest BCUT2D eigenvalue weighted by molar-refractivity contribution is -0.139. The normalized spacial score (nSPS) is 17.9. The summed E-state index contributed by atoms with van der Waals surface area (Å²) in [5.74, 6) is -0.458. The van der Waals surface area contributed by atoms with Crippen LogP contribution in [-0.2, 0) is 16.2 Å². The van der Waals surface area contributed by atoms with Gasteiger partial charge in [-0.05, 0) is 48.0 Å². The molecule has 1 atom stereocenters. The summed E-state index contributed by atoms with van der Waals surface area (Å²) < 4.78 is 78.6. The third-order valence-corrected chi connectivity index (χ3v) is 6.67. The van der Waals surface area contributed by atoms with Crippen LogP contribution in [0.15, 0.2) is 39.9 Å². The minimum absolute atomic E-state index is 0.0997. The van der Waals surface area contributed by atoms with E-state index in [2.05, 4.69) is 19.7 Å². The number of nitrogens with zero attached hydrogens (tertiary/aromatic N) is 3. The number of sulfonamides is 1. The van der Waals surface area contributed by atoms with Gasteiger partial charge in [0.05, 0.1) is 16.3 Å². The van der Waals surface area contributed by atoms with Crippen molar-refractivity contribution in [2.75, 3.05) is 24.9 Å². The molecule has 1 N–H and O–H groups in total. The van der Waals surface area contributed by atoms with Gasteiger partial charge < -0.3 is 9.64 Å². The van der Waals surface area contributed by atoms with Crippen molar-refractivity contribution in [3.05, 3.63) is 40.9 Å². The van der Waals surface area contributed by atoms with E-state index in [-0.39, 0.29) is 21.7 Å². The molecule has 3 aromatic rings. The van der Waals surface area contributed by atoms with Gasteiger partial charge in [0.25, 0.3) is 10.0 Å². The molecule has 8 nitrogen and oxygen atoms in total. The lowest BCUT2D eigenvalue weighted by Crippen LogP contribution is -2.23. The minimum Gasteiger partial charge on any atom is -0.488 e. The highest BCUT2D eigenvalue weighted by Gasteiger charge is 2.36. The van der Waals surface area contributed by atoms with Crippen LogP contribution in [0, 0.1) is 0 Å². The maximum absolute atomic E-state index is 13.5. The molecule has 1 fully saturated rings. The third kappa shape index (κ3) is 4.41. The molecule has 4 rings (SSSR count). The number of rotatable bonds is 5. The van der Waals surface area contributed by atoms with Gasteiger partial charge in [-0.2, -0.15) is 13.2 Å². The Morgan fingerprint density at radius 1 is 1.26 bits per heavy atom. The summed E-state index contributed by atoms with van der Waals surface area (Å²) in [7, 11) is -2.50. The fourth-order valence-electron chi connectivity index (χ4n) is 3.35. The fourth-order valence-corrected chi connectivity index (χ4v) is 5.07. The zero-order valence-electron chi connectivity index (χ0n) is 16.0. The molecule has 0 radical (unpaired) electrons. The molecule has 1 aliphatic heterocycles. The molecular formula is C18H16ClF3N4O4S. The number of likely N-dealkylation sites (tertiary alicyclic amines) is 1. The summed E-state index contributed by atoms with van der Waals surface area (Å²) in [6.45, 7) is 1.15. The number of likely N-dealkylation sites (N-methyl/N-ethyl adjacent to an activating group) is 1. The number of nitrogens with one attached hydrogen (secondary N) is 1. The fraction of sp³-hybridized carbons (Fsp3) is 0.333. The second kappa shape index (κ2) is 7.84. The summed E-state index contributed by atoms with van der Waals surface area (Å²) in [5.41, 5.74) is -1.06. The highest BCUT2D eigenvalue weighted by molar-refractivity contribution is 7.93. The van der Waals surface area contributed by atoms with E-state index in [9.17, 15) is 21.6 Å². The molecule has 1 unspecified atom stereocenters. The summed E-state index contributed by atoms with van der Waals surface area (Å²) in [4.78, 5) is 1.53. The number of benzene rings is 2. The number of fused-ring (bicyclic) bond motifs is 1. The second-order valence-corrected chi connectivity index (χ2v) is 9.14. The Morgan fingerprint density at radius 2 is 2.03 bits per heavy atom. The molecule has 2 heterocycles. The first kappa shape index (κ1) is 21.7. The predicted octanol–water partition coefficient (Wildman–Crippen LogP) is 3.78. The van der Waals surface area contributed by atoms with Crippen LogP contribution >= 0.6 is 11.6 Å². The highest BCUT2D eigenvalue weighted by Crippen LogP contribution is 2.39. The highest BCUT2D eigenvalue weighted by atomic mass is 35.5. The summed E-state index contributed by atoms with van der Waals surface area (Å²) in [6, 6.07) is 5.51. The van der Waals surface area contributed by atoms with Gasteiger partial charge in [-0.1, -0.05) is 11.6 Å². The molecule has 1 aromatic heterocycles. The maximum Gasteiger partial charge on any atom is 0.419 e. The number of hydrogen-bond acceptors (Lipinski definition) is 7. The number of hydrogen-bond donors (Lipinski definition) is 1. The monoisotopic (exact) mass is 476 g/mol. The Labute approximate surface area is 179 Å². The van der Waals surface area contributed by atoms with Gasteiger partial charge in [0.15, 0.2) is 5.52 Å². The maximum atomic E-state index is 13.5. The smallest absolute Gasteiger partial charge is 0.419 e. The second-order valence-electron chi connectivity index (χ2n) is 7.11. The SMILES string of the molecule is CN1CCC(Oc2cc(NS(=O)(=O)c3c(Cl)ccc4nonc34)ccc2C(F)(F)F)C1. The van der Waals surface area contributed by atoms with Crippen molar-refractivity contribution < 1.29 is 31.0 Å². The topological polar surface area (TPSA) is 97.6 Å². The molecule has 0 bridgehead atoms. The van der Waals surface area contributed by atoms with Gasteiger partial charge in [0.1, 0.15) is 22.3 Å². The summed E-state index contributed by atoms with van der Waals surface area (Å²) in [5, 5.41) is 6.99. The average Bonchev–Trinajstić information content (AvgIpc) is 3.28. The van der Waals surface area contributed by atoms with Gasteiger partial charge in [0.2, 0.25) is 0 Å². The van der Waals surface area contributed by atoms with Crippen LogP contribution in [0.25, 0.3) is 11.0 Å². The standard InChI is InChI=1S/C18H16ClF3N4O4S/c1-26-7-6-11(9-26)29-15-8-10(2-3-12(15)18(20,21)22)25-31(27,28)17-13(19)4-5-14-16(17)24-30-23-14/h2-5,8,11,25H,6-7,9H2,1H3. The third-order valence-electron chi connectivity index (χ3n) is 4.78. The predicted molar refractivity (Wildman–Crippen MR) is 106 cm³/mol. The zero-order valence-corrected chi connectivity index (χ0v) is 17.6. The lowest BCUT2D eigenvalue weighted by Gasteiger charge is -2.19. The minimum atomic E-state index is -4.67. The number of alkyl halides is 3. The van der Waals surface area contributed by atoms with Gasteiger partial charge in [-0.25, -0.2) is 13.0 Å². The van der Waals surface area contributed by atoms with Crippen molar-refractivity contribution in [2.45, 2.75) is 23.6 Å². The van der Waals surface area contributed by atoms with Crippen LogP contribution in [0.3, 0.4) is 0 Å². The first-order chi connectivity index (χ1) is 14.5. The number of ether oxygens (including phenoxy) is 1. The van der Waals surface area contributed by atoms with E-state index in [1.807, 2.05) is 11.9 Å². The molecule has 2 aromatic carbocycles. The van der Waals surface area contributed by atoms with Crippen molar-refractivity contribution in [3.8, 4) is 5.75 Å². The molecule has 31 heavy (non-hydrogen) atoms. The first-order valence-electron chi connectivity index (χ1n) is 9.04. The van der Waals surface area contributed by atoms with Gasteiger partial charge in [0, 0.05) is 19.2 Å². The van der Waals surface area contributed by atoms with Crippen molar-refractivity contribution in [1.29, 1.82) is 0 Å². The van der Waals surface area contributed by atoms with E-state index in [1.54, 1.807) is 0 Å². The van der Waals surface area contributed by atoms with E-state index < -0.39 is 38.5 Å². The van der Waals surface area contributed by atoms with Crippen LogP contribution < -0.4 is 9.46 Å². The van der Waals surface area contributed by atoms with Gasteiger partial charge >= 0.3 is 6.18 Å². The Hall–Kier alpha value is -2.57. The van der Waals surface area contributed by atoms with E-state index in [1.165, 1.54) is 12.1 Å². The van der Waals surface area contributed by atoms with Crippen molar-refractivity contribution in [1.82, 2.24) is 15.2 Å². The van der Waals surface area contributed by atoms with Crippen LogP contribution in [-0.4, -0.2) is 49.9 Å². The van der Waals surface area contributed by atoms with E-state index in [0.29, 0.717) is 19.5 Å². The van der Waals surface area contributed by atoms with Crippen LogP contribution in [0.2, 0.25) is 5.02 Å². The molecule has 0 aliphatic carbocycles. The molecule has 0 spiro atoms. The van der Waals surface area contributed by atoms with Crippen molar-refractivity contribution in [3.63, 3.8) is 0 Å². The van der Waals surface area contributed by atoms with Crippen LogP contribution in [0.4, 0.5) is 18.9 Å². The Kier molecular flexibility index (Phi) is 5.48. The lowest BCUT2D eigenvalue weighted by atomic mass is 10.1. The van der Waals surface area contributed by atoms with E-state index in [0.717, 1.165) is 18.2 Å². The van der Waals surface area contributed by atoms with Crippen LogP contribution in [0.1, 0.15) is 12.0 Å². The van der Waals surface area contributed by atoms with Crippen molar-refractivity contribution in [2.24, 2.45) is 0 Å². The molecule has 0 amide bonds. The van der Waals surface area contributed by atoms with Crippen LogP contribution in [0.5, 0.6) is 5.75 Å². The van der Waals surface area contributed by atoms with E-state index >= 15 is 0 Å². The molecule has 0 saturated carbocycles. The quantitative estimate of drug-likeness (QED) is 0.598. The summed E-state index contributed by atoms with van der Waals surface area (Å²) >= 11 is 6.05. The van der Waals surface area contributed by atoms with Gasteiger partial charge in [-0.3, -0.25) is 4.72 Å². The largest absolute Gasteiger partial charge is 0.488 e. The average molecular weight is 477 g/mol. The Balaban J connectivity index is 1.70. The van der Waals surface area contributed by atoms with Gasteiger partial charge in [-0.15, -0.1) is 0 Å². The van der Waals surface area contributed by atoms with Crippen molar-refractivity contribution >= 4 is 38.3 Å². The van der Waals surface area contributed by atoms with E-state index in [4.69, 9.17) is 16.3 Å².